The number of nitrogens with zero attached hydrogens (tertiary/aromatic N) is 1. The zero-order chi connectivity index (χ0) is 16.8. The van der Waals surface area contributed by atoms with Crippen LogP contribution in [0.3, 0.4) is 0 Å². The van der Waals surface area contributed by atoms with E-state index in [4.69, 9.17) is 4.84 Å². The van der Waals surface area contributed by atoms with Gasteiger partial charge in [-0.05, 0) is 38.8 Å². The monoisotopic (exact) mass is 320 g/mol. The van der Waals surface area contributed by atoms with Crippen LogP contribution in [0.15, 0.2) is 18.2 Å². The zero-order valence-corrected chi connectivity index (χ0v) is 13.6. The van der Waals surface area contributed by atoms with Gasteiger partial charge in [0.05, 0.1) is 18.6 Å². The van der Waals surface area contributed by atoms with Crippen molar-refractivity contribution in [2.24, 2.45) is 10.8 Å². The summed E-state index contributed by atoms with van der Waals surface area (Å²) in [4.78, 5) is 29.4. The van der Waals surface area contributed by atoms with Crippen molar-refractivity contribution < 1.29 is 18.8 Å². The number of carbonyl (C=O) groups excluding carboxylic acids is 2. The molecule has 0 bridgehead atoms. The largest absolute Gasteiger partial charge is 0.326 e. The van der Waals surface area contributed by atoms with Gasteiger partial charge in [0.1, 0.15) is 5.82 Å². The molecule has 23 heavy (non-hydrogen) atoms. The van der Waals surface area contributed by atoms with E-state index < -0.39 is 11.2 Å². The Morgan fingerprint density at radius 3 is 2.57 bits per heavy atom. The fraction of sp³-hybridized carbons (Fsp3) is 0.529. The van der Waals surface area contributed by atoms with Gasteiger partial charge in [-0.15, -0.1) is 0 Å². The fourth-order valence-corrected chi connectivity index (χ4v) is 2.42. The van der Waals surface area contributed by atoms with Crippen LogP contribution in [0.1, 0.15) is 39.2 Å². The van der Waals surface area contributed by atoms with E-state index in [0.717, 1.165) is 12.8 Å². The molecule has 5 nitrogen and oxygen atoms in total. The highest BCUT2D eigenvalue weighted by atomic mass is 19.1. The van der Waals surface area contributed by atoms with Crippen molar-refractivity contribution in [3.05, 3.63) is 29.6 Å². The van der Waals surface area contributed by atoms with E-state index in [-0.39, 0.29) is 23.8 Å². The van der Waals surface area contributed by atoms with Gasteiger partial charge in [0, 0.05) is 16.7 Å². The zero-order valence-electron chi connectivity index (χ0n) is 13.6. The summed E-state index contributed by atoms with van der Waals surface area (Å²) in [5.41, 5.74) is -0.106. The second kappa shape index (κ2) is 5.30. The summed E-state index contributed by atoms with van der Waals surface area (Å²) in [6.45, 7) is 5.83. The van der Waals surface area contributed by atoms with Crippen molar-refractivity contribution in [2.75, 3.05) is 11.9 Å². The molecule has 2 amide bonds. The number of hydroxylamine groups is 2. The van der Waals surface area contributed by atoms with E-state index in [9.17, 15) is 14.0 Å². The molecule has 0 aromatic heterocycles. The molecule has 0 spiro atoms. The van der Waals surface area contributed by atoms with E-state index in [1.807, 2.05) is 6.92 Å². The van der Waals surface area contributed by atoms with Crippen molar-refractivity contribution >= 4 is 17.5 Å². The Balaban J connectivity index is 1.68. The Bertz CT molecular complexity index is 668. The Kier molecular flexibility index (Phi) is 3.67. The molecule has 2 fully saturated rings. The molecule has 3 rings (SSSR count). The van der Waals surface area contributed by atoms with Gasteiger partial charge >= 0.3 is 0 Å². The van der Waals surface area contributed by atoms with Gasteiger partial charge in [-0.2, -0.15) is 0 Å². The summed E-state index contributed by atoms with van der Waals surface area (Å²) in [6.07, 6.45) is 1.73. The van der Waals surface area contributed by atoms with Crippen LogP contribution in [0, 0.1) is 16.6 Å². The van der Waals surface area contributed by atoms with Crippen molar-refractivity contribution in [3.8, 4) is 0 Å². The minimum absolute atomic E-state index is 0.0556. The molecule has 2 aliphatic rings. The van der Waals surface area contributed by atoms with Gasteiger partial charge in [0.2, 0.25) is 5.91 Å². The fourth-order valence-electron chi connectivity index (χ4n) is 2.42. The SMILES string of the molecule is CC1(C)CON(Cc2ccc(NC(=O)C3(C)CC3)cc2F)C1=O. The maximum Gasteiger partial charge on any atom is 0.254 e. The third kappa shape index (κ3) is 3.08. The van der Waals surface area contributed by atoms with Crippen LogP contribution in [-0.2, 0) is 21.0 Å². The van der Waals surface area contributed by atoms with Crippen molar-refractivity contribution in [2.45, 2.75) is 40.2 Å². The van der Waals surface area contributed by atoms with Gasteiger partial charge in [0.25, 0.3) is 5.91 Å². The quantitative estimate of drug-likeness (QED) is 0.928. The molecular weight excluding hydrogens is 299 g/mol. The van der Waals surface area contributed by atoms with Gasteiger partial charge in [-0.25, -0.2) is 9.45 Å². The van der Waals surface area contributed by atoms with Crippen LogP contribution in [0.4, 0.5) is 10.1 Å². The first-order valence-electron chi connectivity index (χ1n) is 7.76. The molecule has 1 N–H and O–H groups in total. The first-order valence-corrected chi connectivity index (χ1v) is 7.76. The number of anilines is 1. The molecule has 1 aliphatic heterocycles. The number of benzene rings is 1. The van der Waals surface area contributed by atoms with Crippen molar-refractivity contribution in [3.63, 3.8) is 0 Å². The van der Waals surface area contributed by atoms with Crippen molar-refractivity contribution in [1.82, 2.24) is 5.06 Å². The summed E-state index contributed by atoms with van der Waals surface area (Å²) in [5, 5.41) is 3.93. The van der Waals surface area contributed by atoms with Crippen LogP contribution in [0.5, 0.6) is 0 Å². The van der Waals surface area contributed by atoms with E-state index >= 15 is 0 Å². The maximum absolute atomic E-state index is 14.2. The topological polar surface area (TPSA) is 58.6 Å². The molecule has 1 heterocycles. The molecule has 0 atom stereocenters. The van der Waals surface area contributed by atoms with E-state index in [1.165, 1.54) is 11.1 Å². The van der Waals surface area contributed by atoms with Gasteiger partial charge in [-0.1, -0.05) is 13.0 Å². The highest BCUT2D eigenvalue weighted by Gasteiger charge is 2.45. The molecule has 124 valence electrons. The summed E-state index contributed by atoms with van der Waals surface area (Å²) < 4.78 is 14.2. The van der Waals surface area contributed by atoms with Crippen molar-refractivity contribution in [1.29, 1.82) is 0 Å². The first kappa shape index (κ1) is 15.9. The lowest BCUT2D eigenvalue weighted by Crippen LogP contribution is -2.30. The summed E-state index contributed by atoms with van der Waals surface area (Å²) in [7, 11) is 0. The summed E-state index contributed by atoms with van der Waals surface area (Å²) in [5.74, 6) is -0.703. The Labute approximate surface area is 134 Å². The second-order valence-electron chi connectivity index (χ2n) is 7.32. The Morgan fingerprint density at radius 1 is 1.35 bits per heavy atom. The molecule has 1 aliphatic carbocycles. The number of nitrogens with one attached hydrogen (secondary N) is 1. The molecule has 0 unspecified atom stereocenters. The first-order chi connectivity index (χ1) is 10.7. The predicted octanol–water partition coefficient (Wildman–Crippen LogP) is 2.86. The van der Waals surface area contributed by atoms with Crippen LogP contribution in [0.2, 0.25) is 0 Å². The number of carbonyl (C=O) groups is 2. The maximum atomic E-state index is 14.2. The third-order valence-electron chi connectivity index (χ3n) is 4.56. The summed E-state index contributed by atoms with van der Waals surface area (Å²) in [6, 6.07) is 4.50. The standard InChI is InChI=1S/C17H21FN2O3/c1-16(2)10-23-20(15(16)22)9-11-4-5-12(8-13(11)18)19-14(21)17(3)6-7-17/h4-5,8H,6-7,9-10H2,1-3H3,(H,19,21). The molecule has 1 saturated carbocycles. The predicted molar refractivity (Wildman–Crippen MR) is 82.7 cm³/mol. The van der Waals surface area contributed by atoms with E-state index in [2.05, 4.69) is 5.32 Å². The number of rotatable bonds is 4. The molecular formula is C17H21FN2O3. The molecule has 1 saturated heterocycles. The number of hydrogen-bond donors (Lipinski definition) is 1. The second-order valence-corrected chi connectivity index (χ2v) is 7.32. The van der Waals surface area contributed by atoms with Crippen LogP contribution in [-0.4, -0.2) is 23.5 Å². The number of hydrogen-bond acceptors (Lipinski definition) is 3. The number of amides is 2. The number of halogens is 1. The molecule has 0 radical (unpaired) electrons. The lowest BCUT2D eigenvalue weighted by Gasteiger charge is -2.17. The molecule has 6 heteroatoms. The Morgan fingerprint density at radius 2 is 2.04 bits per heavy atom. The lowest BCUT2D eigenvalue weighted by atomic mass is 9.95. The highest BCUT2D eigenvalue weighted by molar-refractivity contribution is 5.96. The third-order valence-corrected chi connectivity index (χ3v) is 4.56. The van der Waals surface area contributed by atoms with Crippen LogP contribution < -0.4 is 5.32 Å². The molecule has 1 aromatic carbocycles. The average molecular weight is 320 g/mol. The van der Waals surface area contributed by atoms with Gasteiger partial charge < -0.3 is 5.32 Å². The van der Waals surface area contributed by atoms with Crippen LogP contribution >= 0.6 is 0 Å². The average Bonchev–Trinajstić information content (AvgIpc) is 3.18. The van der Waals surface area contributed by atoms with E-state index in [1.54, 1.807) is 26.0 Å². The normalized spacial score (nSPS) is 21.4. The van der Waals surface area contributed by atoms with E-state index in [0.29, 0.717) is 17.9 Å². The minimum atomic E-state index is -0.579. The van der Waals surface area contributed by atoms with Gasteiger partial charge in [-0.3, -0.25) is 14.4 Å². The smallest absolute Gasteiger partial charge is 0.254 e. The Hall–Kier alpha value is -1.95. The van der Waals surface area contributed by atoms with Crippen LogP contribution in [0.25, 0.3) is 0 Å². The minimum Gasteiger partial charge on any atom is -0.326 e. The highest BCUT2D eigenvalue weighted by Crippen LogP contribution is 2.45. The molecule has 1 aromatic rings. The summed E-state index contributed by atoms with van der Waals surface area (Å²) >= 11 is 0. The lowest BCUT2D eigenvalue weighted by molar-refractivity contribution is -0.165. The van der Waals surface area contributed by atoms with Gasteiger partial charge in [0.15, 0.2) is 0 Å².